The summed E-state index contributed by atoms with van der Waals surface area (Å²) in [5.41, 5.74) is 6.36. The molecule has 2 rings (SSSR count). The Kier molecular flexibility index (Phi) is 5.47. The van der Waals surface area contributed by atoms with Crippen molar-refractivity contribution in [2.75, 3.05) is 0 Å². The van der Waals surface area contributed by atoms with Gasteiger partial charge in [-0.25, -0.2) is 13.2 Å². The van der Waals surface area contributed by atoms with Crippen molar-refractivity contribution in [3.63, 3.8) is 0 Å². The van der Waals surface area contributed by atoms with E-state index in [0.29, 0.717) is 5.56 Å². The van der Waals surface area contributed by atoms with E-state index in [1.165, 1.54) is 6.42 Å². The molecule has 0 spiro atoms. The maximum absolute atomic E-state index is 13.1. The molecule has 0 aromatic heterocycles. The molecule has 0 radical (unpaired) electrons. The van der Waals surface area contributed by atoms with Crippen LogP contribution in [-0.4, -0.2) is 0 Å². The molecule has 1 aromatic rings. The number of halogens is 4. The molecule has 1 aliphatic carbocycles. The molecule has 102 valence electrons. The predicted molar refractivity (Wildman–Crippen MR) is 67.1 cm³/mol. The fourth-order valence-corrected chi connectivity index (χ4v) is 2.53. The minimum Gasteiger partial charge on any atom is -0.324 e. The molecule has 0 saturated heterocycles. The first-order valence-corrected chi connectivity index (χ1v) is 5.99. The van der Waals surface area contributed by atoms with Gasteiger partial charge in [0.25, 0.3) is 0 Å². The van der Waals surface area contributed by atoms with E-state index in [0.717, 1.165) is 37.8 Å². The summed E-state index contributed by atoms with van der Waals surface area (Å²) in [5, 5.41) is 0. The zero-order valence-corrected chi connectivity index (χ0v) is 10.8. The lowest BCUT2D eigenvalue weighted by Crippen LogP contribution is -2.24. The molecule has 0 heterocycles. The number of benzene rings is 1. The molecule has 1 saturated carbocycles. The molecule has 18 heavy (non-hydrogen) atoms. The third-order valence-corrected chi connectivity index (χ3v) is 3.55. The van der Waals surface area contributed by atoms with Crippen LogP contribution < -0.4 is 5.73 Å². The highest BCUT2D eigenvalue weighted by Crippen LogP contribution is 2.33. The SMILES string of the molecule is Cl.N[C@@H](c1cc(F)c(F)c(F)c1)C1CCCCC1. The van der Waals surface area contributed by atoms with E-state index in [1.54, 1.807) is 0 Å². The molecular formula is C13H17ClF3N. The quantitative estimate of drug-likeness (QED) is 0.810. The van der Waals surface area contributed by atoms with Gasteiger partial charge in [-0.1, -0.05) is 19.3 Å². The first-order valence-electron chi connectivity index (χ1n) is 5.99. The van der Waals surface area contributed by atoms with Crippen molar-refractivity contribution in [1.82, 2.24) is 0 Å². The highest BCUT2D eigenvalue weighted by Gasteiger charge is 2.23. The minimum absolute atomic E-state index is 0. The fraction of sp³-hybridized carbons (Fsp3) is 0.538. The van der Waals surface area contributed by atoms with E-state index in [-0.39, 0.29) is 18.3 Å². The average Bonchev–Trinajstić information content (AvgIpc) is 2.35. The van der Waals surface area contributed by atoms with Crippen molar-refractivity contribution in [3.05, 3.63) is 35.1 Å². The standard InChI is InChI=1S/C13H16F3N.ClH/c14-10-6-9(7-11(15)12(10)16)13(17)8-4-2-1-3-5-8;/h6-8,13H,1-5,17H2;1H/t13-;/m1./s1. The molecule has 0 unspecified atom stereocenters. The van der Waals surface area contributed by atoms with Crippen molar-refractivity contribution in [2.24, 2.45) is 11.7 Å². The van der Waals surface area contributed by atoms with Gasteiger partial charge >= 0.3 is 0 Å². The maximum atomic E-state index is 13.1. The van der Waals surface area contributed by atoms with E-state index < -0.39 is 23.5 Å². The van der Waals surface area contributed by atoms with E-state index in [1.807, 2.05) is 0 Å². The summed E-state index contributed by atoms with van der Waals surface area (Å²) in [7, 11) is 0. The largest absolute Gasteiger partial charge is 0.324 e. The highest BCUT2D eigenvalue weighted by atomic mass is 35.5. The molecule has 2 N–H and O–H groups in total. The lowest BCUT2D eigenvalue weighted by molar-refractivity contribution is 0.306. The normalized spacial score (nSPS) is 18.2. The Morgan fingerprint density at radius 1 is 1.00 bits per heavy atom. The van der Waals surface area contributed by atoms with Crippen LogP contribution in [-0.2, 0) is 0 Å². The smallest absolute Gasteiger partial charge is 0.194 e. The van der Waals surface area contributed by atoms with Gasteiger partial charge in [0.05, 0.1) is 0 Å². The molecular weight excluding hydrogens is 263 g/mol. The van der Waals surface area contributed by atoms with Gasteiger partial charge in [-0.3, -0.25) is 0 Å². The van der Waals surface area contributed by atoms with Gasteiger partial charge in [0.2, 0.25) is 0 Å². The average molecular weight is 280 g/mol. The molecule has 0 bridgehead atoms. The zero-order valence-electron chi connectivity index (χ0n) is 9.96. The lowest BCUT2D eigenvalue weighted by Gasteiger charge is -2.27. The topological polar surface area (TPSA) is 26.0 Å². The minimum atomic E-state index is -1.43. The molecule has 1 atom stereocenters. The van der Waals surface area contributed by atoms with Crippen LogP contribution in [0, 0.1) is 23.4 Å². The van der Waals surface area contributed by atoms with E-state index in [2.05, 4.69) is 0 Å². The maximum Gasteiger partial charge on any atom is 0.194 e. The van der Waals surface area contributed by atoms with Crippen molar-refractivity contribution in [1.29, 1.82) is 0 Å². The number of nitrogens with two attached hydrogens (primary N) is 1. The predicted octanol–water partition coefficient (Wildman–Crippen LogP) is 4.11. The third kappa shape index (κ3) is 3.18. The lowest BCUT2D eigenvalue weighted by atomic mass is 9.81. The Bertz CT molecular complexity index is 382. The van der Waals surface area contributed by atoms with Crippen LogP contribution in [0.5, 0.6) is 0 Å². The van der Waals surface area contributed by atoms with E-state index in [9.17, 15) is 13.2 Å². The first kappa shape index (κ1) is 15.3. The monoisotopic (exact) mass is 279 g/mol. The van der Waals surface area contributed by atoms with Crippen LogP contribution in [0.1, 0.15) is 43.7 Å². The molecule has 1 nitrogen and oxygen atoms in total. The summed E-state index contributed by atoms with van der Waals surface area (Å²) in [6.45, 7) is 0. The summed E-state index contributed by atoms with van der Waals surface area (Å²) < 4.78 is 39.0. The summed E-state index contributed by atoms with van der Waals surface area (Å²) in [6.07, 6.45) is 5.34. The summed E-state index contributed by atoms with van der Waals surface area (Å²) in [4.78, 5) is 0. The van der Waals surface area contributed by atoms with Crippen LogP contribution in [0.3, 0.4) is 0 Å². The van der Waals surface area contributed by atoms with Crippen LogP contribution >= 0.6 is 12.4 Å². The van der Waals surface area contributed by atoms with Crippen molar-refractivity contribution < 1.29 is 13.2 Å². The summed E-state index contributed by atoms with van der Waals surface area (Å²) in [5.74, 6) is -3.50. The first-order chi connectivity index (χ1) is 8.09. The van der Waals surface area contributed by atoms with Crippen LogP contribution in [0.25, 0.3) is 0 Å². The van der Waals surface area contributed by atoms with Gasteiger partial charge in [0, 0.05) is 6.04 Å². The van der Waals surface area contributed by atoms with Gasteiger partial charge in [-0.15, -0.1) is 12.4 Å². The number of hydrogen-bond acceptors (Lipinski definition) is 1. The van der Waals surface area contributed by atoms with E-state index in [4.69, 9.17) is 5.73 Å². The second kappa shape index (κ2) is 6.43. The van der Waals surface area contributed by atoms with Crippen molar-refractivity contribution in [2.45, 2.75) is 38.1 Å². The molecule has 0 amide bonds. The Morgan fingerprint density at radius 3 is 2.00 bits per heavy atom. The number of hydrogen-bond donors (Lipinski definition) is 1. The number of rotatable bonds is 2. The third-order valence-electron chi connectivity index (χ3n) is 3.55. The van der Waals surface area contributed by atoms with Gasteiger partial charge in [-0.05, 0) is 36.5 Å². The van der Waals surface area contributed by atoms with Gasteiger partial charge in [0.1, 0.15) is 0 Å². The van der Waals surface area contributed by atoms with Crippen LogP contribution in [0.15, 0.2) is 12.1 Å². The van der Waals surface area contributed by atoms with Gasteiger partial charge < -0.3 is 5.73 Å². The summed E-state index contributed by atoms with van der Waals surface area (Å²) >= 11 is 0. The van der Waals surface area contributed by atoms with Gasteiger partial charge in [0.15, 0.2) is 17.5 Å². The molecule has 1 aromatic carbocycles. The van der Waals surface area contributed by atoms with E-state index >= 15 is 0 Å². The summed E-state index contributed by atoms with van der Waals surface area (Å²) in [6, 6.07) is 1.62. The van der Waals surface area contributed by atoms with Crippen molar-refractivity contribution >= 4 is 12.4 Å². The molecule has 5 heteroatoms. The molecule has 1 aliphatic rings. The Hall–Kier alpha value is -0.740. The second-order valence-electron chi connectivity index (χ2n) is 4.72. The van der Waals surface area contributed by atoms with Crippen LogP contribution in [0.4, 0.5) is 13.2 Å². The van der Waals surface area contributed by atoms with Crippen LogP contribution in [0.2, 0.25) is 0 Å². The van der Waals surface area contributed by atoms with Gasteiger partial charge in [-0.2, -0.15) is 0 Å². The molecule has 0 aliphatic heterocycles. The highest BCUT2D eigenvalue weighted by molar-refractivity contribution is 5.85. The Balaban J connectivity index is 0.00000162. The Morgan fingerprint density at radius 2 is 1.50 bits per heavy atom. The fourth-order valence-electron chi connectivity index (χ4n) is 2.53. The zero-order chi connectivity index (χ0) is 12.4. The second-order valence-corrected chi connectivity index (χ2v) is 4.72. The Labute approximate surface area is 111 Å². The molecule has 1 fully saturated rings. The van der Waals surface area contributed by atoms with Crippen molar-refractivity contribution in [3.8, 4) is 0 Å².